The lowest BCUT2D eigenvalue weighted by Gasteiger charge is -2.17. The van der Waals surface area contributed by atoms with Crippen LogP contribution in [0.2, 0.25) is 5.15 Å². The van der Waals surface area contributed by atoms with Crippen molar-refractivity contribution in [2.75, 3.05) is 19.8 Å². The van der Waals surface area contributed by atoms with E-state index in [1.807, 2.05) is 19.1 Å². The number of nitrogens with one attached hydrogen (secondary N) is 1. The zero-order valence-electron chi connectivity index (χ0n) is 8.79. The highest BCUT2D eigenvalue weighted by Crippen LogP contribution is 2.20. The number of pyridine rings is 1. The van der Waals surface area contributed by atoms with Gasteiger partial charge in [-0.1, -0.05) is 17.7 Å². The zero-order chi connectivity index (χ0) is 10.7. The largest absolute Gasteiger partial charge is 0.379 e. The SMILES string of the molecule is Cc1nc(Cl)ccc1C1COCCCN1. The Morgan fingerprint density at radius 1 is 1.53 bits per heavy atom. The van der Waals surface area contributed by atoms with Crippen molar-refractivity contribution < 1.29 is 4.74 Å². The van der Waals surface area contributed by atoms with Crippen LogP contribution in [-0.4, -0.2) is 24.7 Å². The summed E-state index contributed by atoms with van der Waals surface area (Å²) in [5, 5.41) is 4.00. The summed E-state index contributed by atoms with van der Waals surface area (Å²) in [4.78, 5) is 4.25. The average Bonchev–Trinajstić information content (AvgIpc) is 2.46. The van der Waals surface area contributed by atoms with E-state index in [2.05, 4.69) is 10.3 Å². The highest BCUT2D eigenvalue weighted by molar-refractivity contribution is 6.29. The first-order chi connectivity index (χ1) is 7.27. The van der Waals surface area contributed by atoms with E-state index in [0.717, 1.165) is 25.3 Å². The van der Waals surface area contributed by atoms with Crippen LogP contribution in [0.4, 0.5) is 0 Å². The Balaban J connectivity index is 2.19. The van der Waals surface area contributed by atoms with Gasteiger partial charge in [0.1, 0.15) is 5.15 Å². The second kappa shape index (κ2) is 4.92. The van der Waals surface area contributed by atoms with Gasteiger partial charge in [0.25, 0.3) is 0 Å². The van der Waals surface area contributed by atoms with Gasteiger partial charge in [0, 0.05) is 12.3 Å². The smallest absolute Gasteiger partial charge is 0.129 e. The molecule has 82 valence electrons. The lowest BCUT2D eigenvalue weighted by molar-refractivity contribution is 0.131. The van der Waals surface area contributed by atoms with Crippen molar-refractivity contribution >= 4 is 11.6 Å². The Labute approximate surface area is 94.8 Å². The number of rotatable bonds is 1. The fraction of sp³-hybridized carbons (Fsp3) is 0.545. The molecule has 1 saturated heterocycles. The Bertz CT molecular complexity index is 335. The maximum Gasteiger partial charge on any atom is 0.129 e. The molecule has 1 fully saturated rings. The normalized spacial score (nSPS) is 22.4. The molecule has 0 spiro atoms. The summed E-state index contributed by atoms with van der Waals surface area (Å²) in [5.74, 6) is 0. The summed E-state index contributed by atoms with van der Waals surface area (Å²) in [6, 6.07) is 4.10. The van der Waals surface area contributed by atoms with Crippen LogP contribution in [-0.2, 0) is 4.74 Å². The van der Waals surface area contributed by atoms with Crippen molar-refractivity contribution in [1.82, 2.24) is 10.3 Å². The fourth-order valence-corrected chi connectivity index (χ4v) is 2.01. The van der Waals surface area contributed by atoms with Crippen molar-refractivity contribution in [1.29, 1.82) is 0 Å². The molecule has 0 radical (unpaired) electrons. The minimum Gasteiger partial charge on any atom is -0.379 e. The molecule has 1 N–H and O–H groups in total. The molecule has 15 heavy (non-hydrogen) atoms. The molecule has 1 unspecified atom stereocenters. The predicted molar refractivity (Wildman–Crippen MR) is 60.2 cm³/mol. The highest BCUT2D eigenvalue weighted by atomic mass is 35.5. The zero-order valence-corrected chi connectivity index (χ0v) is 9.55. The van der Waals surface area contributed by atoms with E-state index >= 15 is 0 Å². The van der Waals surface area contributed by atoms with Crippen molar-refractivity contribution in [3.05, 3.63) is 28.5 Å². The Kier molecular flexibility index (Phi) is 3.57. The minimum atomic E-state index is 0.247. The molecule has 0 bridgehead atoms. The Morgan fingerprint density at radius 3 is 3.20 bits per heavy atom. The van der Waals surface area contributed by atoms with E-state index < -0.39 is 0 Å². The van der Waals surface area contributed by atoms with Crippen molar-refractivity contribution in [2.45, 2.75) is 19.4 Å². The van der Waals surface area contributed by atoms with Gasteiger partial charge in [0.05, 0.1) is 12.6 Å². The third kappa shape index (κ3) is 2.68. The third-order valence-electron chi connectivity index (χ3n) is 2.61. The molecule has 1 aromatic rings. The minimum absolute atomic E-state index is 0.247. The number of hydrogen-bond donors (Lipinski definition) is 1. The number of nitrogens with zero attached hydrogens (tertiary/aromatic N) is 1. The molecule has 3 nitrogen and oxygen atoms in total. The van der Waals surface area contributed by atoms with Gasteiger partial charge >= 0.3 is 0 Å². The first kappa shape index (κ1) is 10.9. The Morgan fingerprint density at radius 2 is 2.40 bits per heavy atom. The topological polar surface area (TPSA) is 34.1 Å². The quantitative estimate of drug-likeness (QED) is 0.745. The van der Waals surface area contributed by atoms with Gasteiger partial charge in [-0.05, 0) is 31.5 Å². The van der Waals surface area contributed by atoms with Gasteiger partial charge in [-0.3, -0.25) is 0 Å². The van der Waals surface area contributed by atoms with Crippen LogP contribution in [0.15, 0.2) is 12.1 Å². The monoisotopic (exact) mass is 226 g/mol. The molecule has 4 heteroatoms. The van der Waals surface area contributed by atoms with E-state index in [9.17, 15) is 0 Å². The van der Waals surface area contributed by atoms with E-state index in [4.69, 9.17) is 16.3 Å². The number of halogens is 1. The van der Waals surface area contributed by atoms with Crippen molar-refractivity contribution in [2.24, 2.45) is 0 Å². The molecule has 2 heterocycles. The lowest BCUT2D eigenvalue weighted by atomic mass is 10.1. The van der Waals surface area contributed by atoms with E-state index in [1.54, 1.807) is 0 Å². The maximum absolute atomic E-state index is 5.83. The summed E-state index contributed by atoms with van der Waals surface area (Å²) in [6.45, 7) is 4.52. The summed E-state index contributed by atoms with van der Waals surface area (Å²) >= 11 is 5.83. The second-order valence-electron chi connectivity index (χ2n) is 3.74. The second-order valence-corrected chi connectivity index (χ2v) is 4.13. The van der Waals surface area contributed by atoms with Crippen molar-refractivity contribution in [3.63, 3.8) is 0 Å². The van der Waals surface area contributed by atoms with Crippen LogP contribution >= 0.6 is 11.6 Å². The molecule has 1 aliphatic rings. The molecule has 2 rings (SSSR count). The van der Waals surface area contributed by atoms with Gasteiger partial charge in [-0.15, -0.1) is 0 Å². The maximum atomic E-state index is 5.83. The summed E-state index contributed by atoms with van der Waals surface area (Å²) in [5.41, 5.74) is 2.16. The first-order valence-electron chi connectivity index (χ1n) is 5.21. The number of hydrogen-bond acceptors (Lipinski definition) is 3. The molecule has 0 amide bonds. The first-order valence-corrected chi connectivity index (χ1v) is 5.59. The molecule has 0 aromatic carbocycles. The fourth-order valence-electron chi connectivity index (χ4n) is 1.82. The molecule has 0 saturated carbocycles. The predicted octanol–water partition coefficient (Wildman–Crippen LogP) is 2.09. The average molecular weight is 227 g/mol. The Hall–Kier alpha value is -0.640. The summed E-state index contributed by atoms with van der Waals surface area (Å²) in [6.07, 6.45) is 1.07. The molecule has 0 aliphatic carbocycles. The standard InChI is InChI=1S/C11H15ClN2O/c1-8-9(3-4-11(12)14-8)10-7-15-6-2-5-13-10/h3-4,10,13H,2,5-7H2,1H3. The molecule has 1 aliphatic heterocycles. The van der Waals surface area contributed by atoms with Gasteiger partial charge in [-0.25, -0.2) is 4.98 Å². The molecular weight excluding hydrogens is 212 g/mol. The van der Waals surface area contributed by atoms with Crippen LogP contribution in [0.3, 0.4) is 0 Å². The lowest BCUT2D eigenvalue weighted by Crippen LogP contribution is -2.24. The summed E-state index contributed by atoms with van der Waals surface area (Å²) in [7, 11) is 0. The highest BCUT2D eigenvalue weighted by Gasteiger charge is 2.16. The van der Waals surface area contributed by atoms with Gasteiger partial charge in [0.2, 0.25) is 0 Å². The number of ether oxygens (including phenoxy) is 1. The summed E-state index contributed by atoms with van der Waals surface area (Å²) < 4.78 is 5.52. The third-order valence-corrected chi connectivity index (χ3v) is 2.82. The van der Waals surface area contributed by atoms with Crippen LogP contribution < -0.4 is 5.32 Å². The molecule has 1 atom stereocenters. The molecule has 1 aromatic heterocycles. The molecular formula is C11H15ClN2O. The van der Waals surface area contributed by atoms with Crippen LogP contribution in [0.1, 0.15) is 23.7 Å². The van der Waals surface area contributed by atoms with Crippen LogP contribution in [0.5, 0.6) is 0 Å². The van der Waals surface area contributed by atoms with Gasteiger partial charge < -0.3 is 10.1 Å². The van der Waals surface area contributed by atoms with E-state index in [0.29, 0.717) is 11.8 Å². The van der Waals surface area contributed by atoms with Gasteiger partial charge in [0.15, 0.2) is 0 Å². The van der Waals surface area contributed by atoms with Crippen LogP contribution in [0.25, 0.3) is 0 Å². The van der Waals surface area contributed by atoms with E-state index in [1.165, 1.54) is 5.56 Å². The number of aryl methyl sites for hydroxylation is 1. The number of aromatic nitrogens is 1. The van der Waals surface area contributed by atoms with Crippen molar-refractivity contribution in [3.8, 4) is 0 Å². The van der Waals surface area contributed by atoms with Crippen LogP contribution in [0, 0.1) is 6.92 Å². The van der Waals surface area contributed by atoms with E-state index in [-0.39, 0.29) is 6.04 Å². The van der Waals surface area contributed by atoms with Gasteiger partial charge in [-0.2, -0.15) is 0 Å².